The normalized spacial score (nSPS) is 12.4. The Labute approximate surface area is 222 Å². The Morgan fingerprint density at radius 3 is 2.20 bits per heavy atom. The third-order valence-corrected chi connectivity index (χ3v) is 7.38. The van der Waals surface area contributed by atoms with Crippen molar-refractivity contribution in [3.63, 3.8) is 0 Å². The van der Waals surface area contributed by atoms with Gasteiger partial charge in [0.1, 0.15) is 12.6 Å². The van der Waals surface area contributed by atoms with Gasteiger partial charge in [0.25, 0.3) is 0 Å². The lowest BCUT2D eigenvalue weighted by Gasteiger charge is -2.32. The molecule has 2 aromatic rings. The Hall–Kier alpha value is -2.00. The number of hydrogen-bond donors (Lipinski definition) is 1. The number of benzene rings is 2. The van der Waals surface area contributed by atoms with E-state index in [0.717, 1.165) is 21.7 Å². The van der Waals surface area contributed by atoms with Crippen molar-refractivity contribution >= 4 is 62.3 Å². The molecule has 35 heavy (non-hydrogen) atoms. The van der Waals surface area contributed by atoms with Crippen molar-refractivity contribution in [2.75, 3.05) is 23.7 Å². The molecule has 0 aliphatic rings. The minimum atomic E-state index is -3.95. The van der Waals surface area contributed by atoms with Gasteiger partial charge < -0.3 is 10.2 Å². The van der Waals surface area contributed by atoms with E-state index in [9.17, 15) is 18.0 Å². The van der Waals surface area contributed by atoms with Gasteiger partial charge >= 0.3 is 0 Å². The average molecular weight is 563 g/mol. The fourth-order valence-electron chi connectivity index (χ4n) is 3.34. The topological polar surface area (TPSA) is 86.8 Å². The minimum Gasteiger partial charge on any atom is -0.354 e. The van der Waals surface area contributed by atoms with Crippen molar-refractivity contribution in [2.45, 2.75) is 40.3 Å². The maximum Gasteiger partial charge on any atom is 0.244 e. The molecule has 0 radical (unpaired) electrons. The maximum absolute atomic E-state index is 13.5. The van der Waals surface area contributed by atoms with Crippen molar-refractivity contribution in [1.29, 1.82) is 0 Å². The monoisotopic (exact) mass is 561 g/mol. The van der Waals surface area contributed by atoms with E-state index in [1.807, 2.05) is 45.0 Å². The fourth-order valence-corrected chi connectivity index (χ4v) is 4.89. The zero-order valence-corrected chi connectivity index (χ0v) is 23.4. The van der Waals surface area contributed by atoms with E-state index in [2.05, 4.69) is 5.32 Å². The van der Waals surface area contributed by atoms with E-state index in [0.29, 0.717) is 6.54 Å². The third kappa shape index (κ3) is 8.27. The van der Waals surface area contributed by atoms with Crippen LogP contribution in [0, 0.1) is 12.8 Å². The molecule has 1 unspecified atom stereocenters. The average Bonchev–Trinajstić information content (AvgIpc) is 2.75. The van der Waals surface area contributed by atoms with Crippen molar-refractivity contribution in [3.05, 3.63) is 62.6 Å². The summed E-state index contributed by atoms with van der Waals surface area (Å²) in [7, 11) is -3.95. The fraction of sp³-hybridized carbons (Fsp3) is 0.417. The minimum absolute atomic E-state index is 0.0179. The van der Waals surface area contributed by atoms with Crippen LogP contribution in [0.25, 0.3) is 0 Å². The highest BCUT2D eigenvalue weighted by Crippen LogP contribution is 2.35. The molecule has 7 nitrogen and oxygen atoms in total. The number of carbonyl (C=O) groups is 2. The number of aryl methyl sites for hydroxylation is 1. The van der Waals surface area contributed by atoms with Crippen LogP contribution in [0.4, 0.5) is 5.69 Å². The van der Waals surface area contributed by atoms with Gasteiger partial charge in [-0.3, -0.25) is 13.9 Å². The van der Waals surface area contributed by atoms with Gasteiger partial charge in [0, 0.05) is 13.1 Å². The number of amides is 2. The molecule has 0 saturated heterocycles. The van der Waals surface area contributed by atoms with Gasteiger partial charge in [-0.05, 0) is 37.5 Å². The van der Waals surface area contributed by atoms with E-state index in [1.54, 1.807) is 6.92 Å². The smallest absolute Gasteiger partial charge is 0.244 e. The summed E-state index contributed by atoms with van der Waals surface area (Å²) >= 11 is 18.3. The van der Waals surface area contributed by atoms with Crippen molar-refractivity contribution in [2.24, 2.45) is 5.92 Å². The Morgan fingerprint density at radius 1 is 1.00 bits per heavy atom. The molecule has 0 bridgehead atoms. The van der Waals surface area contributed by atoms with Crippen LogP contribution in [-0.4, -0.2) is 50.5 Å². The Morgan fingerprint density at radius 2 is 1.63 bits per heavy atom. The van der Waals surface area contributed by atoms with Crippen LogP contribution in [0.5, 0.6) is 0 Å². The lowest BCUT2D eigenvalue weighted by atomic mass is 10.1. The molecule has 0 fully saturated rings. The number of hydrogen-bond acceptors (Lipinski definition) is 4. The number of nitrogens with zero attached hydrogens (tertiary/aromatic N) is 2. The molecule has 0 heterocycles. The first-order valence-corrected chi connectivity index (χ1v) is 13.9. The molecule has 0 spiro atoms. The highest BCUT2D eigenvalue weighted by atomic mass is 35.5. The summed E-state index contributed by atoms with van der Waals surface area (Å²) in [6.45, 7) is 7.45. The second kappa shape index (κ2) is 12.3. The zero-order chi connectivity index (χ0) is 26.5. The number of rotatable bonds is 10. The van der Waals surface area contributed by atoms with Gasteiger partial charge in [-0.25, -0.2) is 8.42 Å². The number of nitrogens with one attached hydrogen (secondary N) is 1. The predicted molar refractivity (Wildman–Crippen MR) is 143 cm³/mol. The van der Waals surface area contributed by atoms with Crippen LogP contribution in [0.3, 0.4) is 0 Å². The van der Waals surface area contributed by atoms with Gasteiger partial charge in [-0.1, -0.05) is 78.5 Å². The molecule has 0 aromatic heterocycles. The third-order valence-electron chi connectivity index (χ3n) is 5.22. The van der Waals surface area contributed by atoms with Gasteiger partial charge in [0.15, 0.2) is 0 Å². The largest absolute Gasteiger partial charge is 0.354 e. The molecule has 2 rings (SSSR count). The lowest BCUT2D eigenvalue weighted by molar-refractivity contribution is -0.139. The number of halogens is 3. The molecular weight excluding hydrogens is 533 g/mol. The van der Waals surface area contributed by atoms with E-state index >= 15 is 0 Å². The molecule has 0 aliphatic carbocycles. The summed E-state index contributed by atoms with van der Waals surface area (Å²) in [6, 6.07) is 9.29. The summed E-state index contributed by atoms with van der Waals surface area (Å²) in [4.78, 5) is 27.8. The Balaban J connectivity index is 2.44. The highest BCUT2D eigenvalue weighted by Gasteiger charge is 2.31. The van der Waals surface area contributed by atoms with E-state index in [-0.39, 0.29) is 39.1 Å². The van der Waals surface area contributed by atoms with E-state index in [1.165, 1.54) is 17.0 Å². The van der Waals surface area contributed by atoms with E-state index in [4.69, 9.17) is 34.8 Å². The summed E-state index contributed by atoms with van der Waals surface area (Å²) in [5.74, 6) is -0.686. The van der Waals surface area contributed by atoms with Crippen molar-refractivity contribution < 1.29 is 18.0 Å². The number of sulfonamides is 1. The zero-order valence-electron chi connectivity index (χ0n) is 20.3. The molecule has 2 amide bonds. The van der Waals surface area contributed by atoms with Gasteiger partial charge in [0.2, 0.25) is 21.8 Å². The second-order valence-electron chi connectivity index (χ2n) is 8.81. The second-order valence-corrected chi connectivity index (χ2v) is 11.9. The maximum atomic E-state index is 13.5. The summed E-state index contributed by atoms with van der Waals surface area (Å²) in [5.41, 5.74) is 1.82. The van der Waals surface area contributed by atoms with Crippen molar-refractivity contribution in [1.82, 2.24) is 10.2 Å². The molecule has 1 N–H and O–H groups in total. The molecule has 192 valence electrons. The van der Waals surface area contributed by atoms with Crippen LogP contribution >= 0.6 is 34.8 Å². The first kappa shape index (κ1) is 29.2. The van der Waals surface area contributed by atoms with Gasteiger partial charge in [-0.2, -0.15) is 0 Å². The van der Waals surface area contributed by atoms with Crippen LogP contribution in [0.15, 0.2) is 36.4 Å². The van der Waals surface area contributed by atoms with Crippen molar-refractivity contribution in [3.8, 4) is 0 Å². The molecule has 2 aromatic carbocycles. The van der Waals surface area contributed by atoms with Crippen LogP contribution < -0.4 is 9.62 Å². The SMILES string of the molecule is Cc1cccc(CN(C(=O)CN(c2cc(Cl)c(Cl)cc2Cl)S(C)(=O)=O)C(C)C(=O)NCC(C)C)c1. The Bertz CT molecular complexity index is 1190. The molecule has 0 saturated carbocycles. The Kier molecular flexibility index (Phi) is 10.3. The summed E-state index contributed by atoms with van der Waals surface area (Å²) in [5, 5.41) is 3.09. The molecule has 0 aliphatic heterocycles. The predicted octanol–water partition coefficient (Wildman–Crippen LogP) is 4.91. The quantitative estimate of drug-likeness (QED) is 0.417. The first-order valence-electron chi connectivity index (χ1n) is 11.0. The molecule has 1 atom stereocenters. The van der Waals surface area contributed by atoms with Gasteiger partial charge in [0.05, 0.1) is 27.0 Å². The number of carbonyl (C=O) groups excluding carboxylic acids is 2. The summed E-state index contributed by atoms with van der Waals surface area (Å²) < 4.78 is 26.2. The first-order chi connectivity index (χ1) is 16.2. The van der Waals surface area contributed by atoms with E-state index < -0.39 is 28.5 Å². The standard InChI is InChI=1S/C24H30Cl3N3O4S/c1-15(2)12-28-24(32)17(4)29(13-18-8-6-7-16(3)9-18)23(31)14-30(35(5,33)34)22-11-20(26)19(25)10-21(22)27/h6-11,15,17H,12-14H2,1-5H3,(H,28,32). The van der Waals surface area contributed by atoms with Crippen LogP contribution in [0.1, 0.15) is 31.9 Å². The van der Waals surface area contributed by atoms with Crippen LogP contribution in [-0.2, 0) is 26.2 Å². The molecule has 11 heteroatoms. The van der Waals surface area contributed by atoms with Crippen LogP contribution in [0.2, 0.25) is 15.1 Å². The summed E-state index contributed by atoms with van der Waals surface area (Å²) in [6.07, 6.45) is 0.961. The number of anilines is 1. The van der Waals surface area contributed by atoms with Gasteiger partial charge in [-0.15, -0.1) is 0 Å². The highest BCUT2D eigenvalue weighted by molar-refractivity contribution is 7.92. The molecular formula is C24H30Cl3N3O4S. The lowest BCUT2D eigenvalue weighted by Crippen LogP contribution is -2.51.